The molecule has 4 heteroatoms. The van der Waals surface area contributed by atoms with Gasteiger partial charge in [0.15, 0.2) is 0 Å². The van der Waals surface area contributed by atoms with Gasteiger partial charge in [-0.25, -0.2) is 0 Å². The van der Waals surface area contributed by atoms with Crippen molar-refractivity contribution < 1.29 is 4.79 Å². The minimum absolute atomic E-state index is 0.00296. The third kappa shape index (κ3) is 2.53. The molecule has 0 radical (unpaired) electrons. The fourth-order valence-electron chi connectivity index (χ4n) is 2.13. The molecule has 16 heavy (non-hydrogen) atoms. The first-order valence-electron chi connectivity index (χ1n) is 5.91. The molecule has 1 saturated heterocycles. The molecule has 3 atom stereocenters. The summed E-state index contributed by atoms with van der Waals surface area (Å²) >= 11 is 0. The molecule has 0 N–H and O–H groups in total. The van der Waals surface area contributed by atoms with Gasteiger partial charge in [0, 0.05) is 25.2 Å². The van der Waals surface area contributed by atoms with Gasteiger partial charge >= 0.3 is 0 Å². The molecular formula is C12H21N3O. The zero-order valence-electron chi connectivity index (χ0n) is 10.6. The second-order valence-electron chi connectivity index (χ2n) is 4.70. The summed E-state index contributed by atoms with van der Waals surface area (Å²) in [6, 6.07) is 2.81. The minimum Gasteiger partial charge on any atom is -0.338 e. The van der Waals surface area contributed by atoms with E-state index in [1.54, 1.807) is 0 Å². The summed E-state index contributed by atoms with van der Waals surface area (Å²) < 4.78 is 0. The number of carbonyl (C=O) groups is 1. The molecule has 1 rings (SSSR count). The lowest BCUT2D eigenvalue weighted by molar-refractivity contribution is -0.137. The molecule has 0 aromatic carbocycles. The van der Waals surface area contributed by atoms with Crippen LogP contribution in [-0.4, -0.2) is 47.9 Å². The molecule has 0 saturated carbocycles. The lowest BCUT2D eigenvalue weighted by Crippen LogP contribution is -2.57. The van der Waals surface area contributed by atoms with Gasteiger partial charge < -0.3 is 4.90 Å². The van der Waals surface area contributed by atoms with Crippen molar-refractivity contribution in [3.8, 4) is 6.07 Å². The Bertz CT molecular complexity index is 285. The molecule has 0 aromatic heterocycles. The summed E-state index contributed by atoms with van der Waals surface area (Å²) in [5.41, 5.74) is 0. The Hall–Kier alpha value is -1.08. The van der Waals surface area contributed by atoms with E-state index in [1.165, 1.54) is 0 Å². The molecule has 1 heterocycles. The van der Waals surface area contributed by atoms with Crippen LogP contribution >= 0.6 is 0 Å². The zero-order chi connectivity index (χ0) is 12.3. The van der Waals surface area contributed by atoms with Gasteiger partial charge in [0.2, 0.25) is 5.91 Å². The van der Waals surface area contributed by atoms with Crippen LogP contribution in [0.4, 0.5) is 0 Å². The predicted octanol–water partition coefficient (Wildman–Crippen LogP) is 1.09. The second kappa shape index (κ2) is 5.31. The lowest BCUT2D eigenvalue weighted by atomic mass is 10.0. The number of carbonyl (C=O) groups excluding carboxylic acids is 1. The Kier molecular flexibility index (Phi) is 4.31. The molecule has 1 aliphatic heterocycles. The molecule has 0 aromatic rings. The van der Waals surface area contributed by atoms with Crippen LogP contribution in [0.3, 0.4) is 0 Å². The molecule has 3 unspecified atom stereocenters. The number of hydrogen-bond donors (Lipinski definition) is 0. The maximum absolute atomic E-state index is 12.0. The highest BCUT2D eigenvalue weighted by atomic mass is 16.2. The Morgan fingerprint density at radius 2 is 1.94 bits per heavy atom. The number of piperazine rings is 1. The fraction of sp³-hybridized carbons (Fsp3) is 0.833. The van der Waals surface area contributed by atoms with Crippen molar-refractivity contribution in [3.63, 3.8) is 0 Å². The van der Waals surface area contributed by atoms with Gasteiger partial charge in [-0.3, -0.25) is 9.69 Å². The first-order valence-corrected chi connectivity index (χ1v) is 5.91. The van der Waals surface area contributed by atoms with Crippen LogP contribution in [0.5, 0.6) is 0 Å². The van der Waals surface area contributed by atoms with Crippen LogP contribution in [0.1, 0.15) is 27.2 Å². The maximum atomic E-state index is 12.0. The van der Waals surface area contributed by atoms with Crippen molar-refractivity contribution in [1.29, 1.82) is 5.26 Å². The Labute approximate surface area is 97.8 Å². The molecule has 0 aliphatic carbocycles. The lowest BCUT2D eigenvalue weighted by Gasteiger charge is -2.42. The molecule has 4 nitrogen and oxygen atoms in total. The van der Waals surface area contributed by atoms with E-state index in [2.05, 4.69) is 31.9 Å². The highest BCUT2D eigenvalue weighted by Crippen LogP contribution is 2.16. The van der Waals surface area contributed by atoms with Crippen molar-refractivity contribution in [3.05, 3.63) is 0 Å². The van der Waals surface area contributed by atoms with Crippen LogP contribution in [0.25, 0.3) is 0 Å². The molecule has 0 bridgehead atoms. The van der Waals surface area contributed by atoms with Crippen LogP contribution in [0.15, 0.2) is 0 Å². The summed E-state index contributed by atoms with van der Waals surface area (Å²) in [6.45, 7) is 7.58. The van der Waals surface area contributed by atoms with Gasteiger partial charge in [-0.2, -0.15) is 5.26 Å². The molecule has 1 aliphatic rings. The zero-order valence-corrected chi connectivity index (χ0v) is 10.6. The van der Waals surface area contributed by atoms with E-state index in [4.69, 9.17) is 5.26 Å². The Morgan fingerprint density at radius 3 is 2.31 bits per heavy atom. The third-order valence-electron chi connectivity index (χ3n) is 3.53. The number of nitrogens with zero attached hydrogens (tertiary/aromatic N) is 3. The first kappa shape index (κ1) is 13.0. The van der Waals surface area contributed by atoms with Gasteiger partial charge in [-0.1, -0.05) is 6.92 Å². The van der Waals surface area contributed by atoms with Gasteiger partial charge in [0.25, 0.3) is 0 Å². The van der Waals surface area contributed by atoms with Crippen LogP contribution in [0.2, 0.25) is 0 Å². The third-order valence-corrected chi connectivity index (χ3v) is 3.53. The normalized spacial score (nSPS) is 28.6. The van der Waals surface area contributed by atoms with Crippen molar-refractivity contribution in [2.24, 2.45) is 5.92 Å². The quantitative estimate of drug-likeness (QED) is 0.704. The minimum atomic E-state index is -0.470. The summed E-state index contributed by atoms with van der Waals surface area (Å²) in [5.74, 6) is -0.473. The molecule has 1 amide bonds. The maximum Gasteiger partial charge on any atom is 0.240 e. The monoisotopic (exact) mass is 223 g/mol. The van der Waals surface area contributed by atoms with Gasteiger partial charge in [0.1, 0.15) is 5.92 Å². The fourth-order valence-corrected chi connectivity index (χ4v) is 2.13. The predicted molar refractivity (Wildman–Crippen MR) is 62.7 cm³/mol. The van der Waals surface area contributed by atoms with E-state index in [0.717, 1.165) is 13.1 Å². The Balaban J connectivity index is 2.69. The SMILES string of the molecule is CCC(C#N)C(=O)N1CC(C)N(C)C(C)C1. The smallest absolute Gasteiger partial charge is 0.240 e. The number of rotatable bonds is 2. The molecule has 1 fully saturated rings. The van der Waals surface area contributed by atoms with E-state index >= 15 is 0 Å². The summed E-state index contributed by atoms with van der Waals surface area (Å²) in [6.07, 6.45) is 0.602. The van der Waals surface area contributed by atoms with Crippen molar-refractivity contribution >= 4 is 5.91 Å². The van der Waals surface area contributed by atoms with Gasteiger partial charge in [-0.15, -0.1) is 0 Å². The van der Waals surface area contributed by atoms with E-state index in [0.29, 0.717) is 18.5 Å². The van der Waals surface area contributed by atoms with E-state index < -0.39 is 5.92 Å². The largest absolute Gasteiger partial charge is 0.338 e. The number of hydrogen-bond acceptors (Lipinski definition) is 3. The highest BCUT2D eigenvalue weighted by Gasteiger charge is 2.31. The van der Waals surface area contributed by atoms with E-state index in [1.807, 2.05) is 11.8 Å². The van der Waals surface area contributed by atoms with Gasteiger partial charge in [-0.05, 0) is 27.3 Å². The van der Waals surface area contributed by atoms with E-state index in [-0.39, 0.29) is 5.91 Å². The molecular weight excluding hydrogens is 202 g/mol. The summed E-state index contributed by atoms with van der Waals surface area (Å²) in [5, 5.41) is 8.90. The number of nitriles is 1. The van der Waals surface area contributed by atoms with Crippen molar-refractivity contribution in [1.82, 2.24) is 9.80 Å². The standard InChI is InChI=1S/C12H21N3O/c1-5-11(6-13)12(16)15-7-9(2)14(4)10(3)8-15/h9-11H,5,7-8H2,1-4H3. The number of amides is 1. The van der Waals surface area contributed by atoms with Crippen molar-refractivity contribution in [2.45, 2.75) is 39.3 Å². The summed E-state index contributed by atoms with van der Waals surface area (Å²) in [4.78, 5) is 16.2. The topological polar surface area (TPSA) is 47.3 Å². The average Bonchev–Trinajstić information content (AvgIpc) is 2.26. The number of likely N-dealkylation sites (N-methyl/N-ethyl adjacent to an activating group) is 1. The molecule has 90 valence electrons. The van der Waals surface area contributed by atoms with Crippen LogP contribution in [-0.2, 0) is 4.79 Å². The molecule has 0 spiro atoms. The summed E-state index contributed by atoms with van der Waals surface area (Å²) in [7, 11) is 2.08. The van der Waals surface area contributed by atoms with Crippen LogP contribution < -0.4 is 0 Å². The van der Waals surface area contributed by atoms with Gasteiger partial charge in [0.05, 0.1) is 6.07 Å². The first-order chi connectivity index (χ1) is 7.51. The highest BCUT2D eigenvalue weighted by molar-refractivity contribution is 5.81. The van der Waals surface area contributed by atoms with Crippen molar-refractivity contribution in [2.75, 3.05) is 20.1 Å². The average molecular weight is 223 g/mol. The second-order valence-corrected chi connectivity index (χ2v) is 4.70. The van der Waals surface area contributed by atoms with E-state index in [9.17, 15) is 4.79 Å². The van der Waals surface area contributed by atoms with Crippen LogP contribution in [0, 0.1) is 17.2 Å². The Morgan fingerprint density at radius 1 is 1.44 bits per heavy atom.